The van der Waals surface area contributed by atoms with Gasteiger partial charge in [0.15, 0.2) is 5.69 Å². The van der Waals surface area contributed by atoms with E-state index in [9.17, 15) is 19.2 Å². The summed E-state index contributed by atoms with van der Waals surface area (Å²) in [5, 5.41) is 14.8. The van der Waals surface area contributed by atoms with Crippen LogP contribution in [0.2, 0.25) is 0 Å². The number of nitrogens with zero attached hydrogens (tertiary/aromatic N) is 3. The molecular weight excluding hydrogens is 564 g/mol. The third-order valence-corrected chi connectivity index (χ3v) is 7.87. The maximum absolute atomic E-state index is 13.7. The van der Waals surface area contributed by atoms with E-state index in [2.05, 4.69) is 36.6 Å². The number of nitrogens with one attached hydrogen (secondary N) is 5. The lowest BCUT2D eigenvalue weighted by molar-refractivity contribution is -0.131. The van der Waals surface area contributed by atoms with Gasteiger partial charge in [0, 0.05) is 45.2 Å². The monoisotopic (exact) mass is 604 g/mol. The second kappa shape index (κ2) is 14.3. The molecule has 13 heteroatoms. The van der Waals surface area contributed by atoms with Gasteiger partial charge < -0.3 is 35.6 Å². The molecule has 0 saturated heterocycles. The van der Waals surface area contributed by atoms with Crippen LogP contribution >= 0.6 is 0 Å². The van der Waals surface area contributed by atoms with Gasteiger partial charge in [0.05, 0.1) is 0 Å². The summed E-state index contributed by atoms with van der Waals surface area (Å²) in [7, 11) is 0. The number of aromatic nitrogens is 3. The smallest absolute Gasteiger partial charge is 0.273 e. The zero-order chi connectivity index (χ0) is 31.1. The molecule has 4 amide bonds. The Kier molecular flexibility index (Phi) is 10.1. The second-order valence-electron chi connectivity index (χ2n) is 11.6. The van der Waals surface area contributed by atoms with Crippen molar-refractivity contribution in [1.82, 2.24) is 41.1 Å². The van der Waals surface area contributed by atoms with Crippen LogP contribution in [0, 0.1) is 5.92 Å². The lowest BCUT2D eigenvalue weighted by Crippen LogP contribution is -2.56. The van der Waals surface area contributed by atoms with Crippen molar-refractivity contribution in [2.24, 2.45) is 5.92 Å². The minimum Gasteiger partial charge on any atom is -0.446 e. The Balaban J connectivity index is 1.37. The first-order chi connectivity index (χ1) is 21.3. The van der Waals surface area contributed by atoms with Crippen LogP contribution in [0.1, 0.15) is 77.4 Å². The minimum atomic E-state index is -0.907. The maximum Gasteiger partial charge on any atom is 0.273 e. The lowest BCUT2D eigenvalue weighted by Gasteiger charge is -2.27. The molecule has 0 aliphatic carbocycles. The minimum absolute atomic E-state index is 0.118. The topological polar surface area (TPSA) is 172 Å². The Morgan fingerprint density at radius 3 is 2.66 bits per heavy atom. The third-order valence-electron chi connectivity index (χ3n) is 7.87. The van der Waals surface area contributed by atoms with Gasteiger partial charge in [-0.15, -0.1) is 0 Å². The highest BCUT2D eigenvalue weighted by molar-refractivity contribution is 5.97. The molecule has 5 rings (SSSR count). The van der Waals surface area contributed by atoms with Gasteiger partial charge in [0.1, 0.15) is 35.9 Å². The van der Waals surface area contributed by atoms with E-state index in [4.69, 9.17) is 4.42 Å². The predicted octanol–water partition coefficient (Wildman–Crippen LogP) is 1.27. The van der Waals surface area contributed by atoms with Crippen molar-refractivity contribution < 1.29 is 23.6 Å². The normalized spacial score (nSPS) is 21.9. The maximum atomic E-state index is 13.7. The van der Waals surface area contributed by atoms with Crippen LogP contribution in [-0.4, -0.2) is 69.9 Å². The number of hydrogen-bond donors (Lipinski definition) is 5. The number of fused-ring (bicyclic) bond motifs is 3. The summed E-state index contributed by atoms with van der Waals surface area (Å²) in [4.78, 5) is 62.3. The number of imidazole rings is 1. The number of hydrogen-bond acceptors (Lipinski definition) is 8. The molecule has 234 valence electrons. The SMILES string of the molecule is CC(C)[C@@H]1NC(=O)[C@@H](NC(=O)c2cn3c(n2)CCNCC3)CCCCNC(=O)c2coc(n2)[C@@H](Cc2ccccc2)NC1=O. The Labute approximate surface area is 256 Å². The average molecular weight is 605 g/mol. The number of carbonyl (C=O) groups is 4. The molecule has 2 aliphatic heterocycles. The molecule has 3 aromatic rings. The summed E-state index contributed by atoms with van der Waals surface area (Å²) in [5.74, 6) is -1.00. The zero-order valence-corrected chi connectivity index (χ0v) is 25.1. The van der Waals surface area contributed by atoms with E-state index < -0.39 is 41.8 Å². The van der Waals surface area contributed by atoms with Gasteiger partial charge in [-0.2, -0.15) is 0 Å². The van der Waals surface area contributed by atoms with Crippen molar-refractivity contribution in [3.63, 3.8) is 0 Å². The predicted molar refractivity (Wildman–Crippen MR) is 161 cm³/mol. The molecule has 0 radical (unpaired) electrons. The molecule has 0 spiro atoms. The first-order valence-electron chi connectivity index (χ1n) is 15.2. The molecule has 13 nitrogen and oxygen atoms in total. The van der Waals surface area contributed by atoms with Crippen molar-refractivity contribution in [1.29, 1.82) is 0 Å². The summed E-state index contributed by atoms with van der Waals surface area (Å²) in [5.41, 5.74) is 1.30. The van der Waals surface area contributed by atoms with Crippen LogP contribution in [0.25, 0.3) is 0 Å². The standard InChI is InChI=1S/C31H40N8O5/c1-19(2)26-30(43)36-22(16-20-8-4-3-5-9-20)31-37-24(18-44-31)27(40)33-12-7-6-10-21(28(41)38-26)35-29(42)23-17-39-15-14-32-13-11-25(39)34-23/h3-5,8-9,17-19,21-22,26,32H,6-7,10-16H2,1-2H3,(H,33,40)(H,35,42)(H,36,43)(H,38,41)/t21-,22+,26-/m0/s1. The number of carbonyl (C=O) groups excluding carboxylic acids is 4. The van der Waals surface area contributed by atoms with E-state index in [1.54, 1.807) is 6.20 Å². The van der Waals surface area contributed by atoms with Crippen molar-refractivity contribution >= 4 is 23.6 Å². The Morgan fingerprint density at radius 2 is 1.86 bits per heavy atom. The summed E-state index contributed by atoms with van der Waals surface area (Å²) < 4.78 is 7.62. The molecule has 44 heavy (non-hydrogen) atoms. The summed E-state index contributed by atoms with van der Waals surface area (Å²) in [6.07, 6.45) is 5.46. The second-order valence-corrected chi connectivity index (χ2v) is 11.6. The highest BCUT2D eigenvalue weighted by Crippen LogP contribution is 2.20. The van der Waals surface area contributed by atoms with Gasteiger partial charge >= 0.3 is 0 Å². The van der Waals surface area contributed by atoms with E-state index in [1.165, 1.54) is 6.26 Å². The first kappa shape index (κ1) is 30.9. The van der Waals surface area contributed by atoms with Gasteiger partial charge in [0.25, 0.3) is 11.8 Å². The van der Waals surface area contributed by atoms with Crippen LogP contribution in [0.5, 0.6) is 0 Å². The zero-order valence-electron chi connectivity index (χ0n) is 25.1. The van der Waals surface area contributed by atoms with E-state index in [0.29, 0.717) is 45.2 Å². The van der Waals surface area contributed by atoms with Gasteiger partial charge in [-0.3, -0.25) is 19.2 Å². The molecule has 4 heterocycles. The van der Waals surface area contributed by atoms with Crippen molar-refractivity contribution in [2.45, 2.75) is 70.6 Å². The number of oxazole rings is 1. The van der Waals surface area contributed by atoms with Crippen LogP contribution < -0.4 is 26.6 Å². The molecule has 3 atom stereocenters. The Morgan fingerprint density at radius 1 is 1.05 bits per heavy atom. The van der Waals surface area contributed by atoms with Crippen LogP contribution in [0.3, 0.4) is 0 Å². The van der Waals surface area contributed by atoms with E-state index in [0.717, 1.165) is 24.5 Å². The molecule has 0 unspecified atom stereocenters. The third kappa shape index (κ3) is 7.70. The molecule has 2 bridgehead atoms. The molecule has 0 fully saturated rings. The highest BCUT2D eigenvalue weighted by atomic mass is 16.3. The van der Waals surface area contributed by atoms with Gasteiger partial charge in [-0.25, -0.2) is 9.97 Å². The van der Waals surface area contributed by atoms with Crippen LogP contribution in [0.4, 0.5) is 0 Å². The van der Waals surface area contributed by atoms with E-state index >= 15 is 0 Å². The molecular formula is C31H40N8O5. The van der Waals surface area contributed by atoms with Gasteiger partial charge in [-0.05, 0) is 30.7 Å². The summed E-state index contributed by atoms with van der Waals surface area (Å²) >= 11 is 0. The summed E-state index contributed by atoms with van der Waals surface area (Å²) in [6.45, 7) is 6.29. The fourth-order valence-electron chi connectivity index (χ4n) is 5.40. The molecule has 1 aromatic carbocycles. The van der Waals surface area contributed by atoms with Crippen molar-refractivity contribution in [3.05, 3.63) is 71.5 Å². The number of rotatable bonds is 5. The Bertz CT molecular complexity index is 1440. The van der Waals surface area contributed by atoms with Gasteiger partial charge in [-0.1, -0.05) is 44.2 Å². The fourth-order valence-corrected chi connectivity index (χ4v) is 5.40. The largest absolute Gasteiger partial charge is 0.446 e. The highest BCUT2D eigenvalue weighted by Gasteiger charge is 2.32. The molecule has 2 aliphatic rings. The van der Waals surface area contributed by atoms with E-state index in [1.807, 2.05) is 48.7 Å². The van der Waals surface area contributed by atoms with Crippen LogP contribution in [-0.2, 0) is 29.0 Å². The molecule has 2 aromatic heterocycles. The summed E-state index contributed by atoms with van der Waals surface area (Å²) in [6, 6.07) is 7.02. The first-order valence-corrected chi connectivity index (χ1v) is 15.2. The number of benzene rings is 1. The lowest BCUT2D eigenvalue weighted by atomic mass is 10.00. The van der Waals surface area contributed by atoms with Crippen molar-refractivity contribution in [2.75, 3.05) is 19.6 Å². The number of amides is 4. The molecule has 5 N–H and O–H groups in total. The quantitative estimate of drug-likeness (QED) is 0.290. The van der Waals surface area contributed by atoms with Crippen LogP contribution in [0.15, 0.2) is 47.2 Å². The molecule has 0 saturated carbocycles. The Hall–Kier alpha value is -4.52. The van der Waals surface area contributed by atoms with Crippen molar-refractivity contribution in [3.8, 4) is 0 Å². The fraction of sp³-hybridized carbons (Fsp3) is 0.484. The van der Waals surface area contributed by atoms with E-state index in [-0.39, 0.29) is 23.2 Å². The van der Waals surface area contributed by atoms with Gasteiger partial charge in [0.2, 0.25) is 17.7 Å². The average Bonchev–Trinajstić information content (AvgIpc) is 3.61.